The Kier molecular flexibility index (Phi) is 5.65. The molecule has 1 aromatic heterocycles. The number of carbonyl (C=O) groups excluding carboxylic acids is 2. The molecular formula is C18H21ClN4O4. The van der Waals surface area contributed by atoms with E-state index in [9.17, 15) is 9.59 Å². The molecular weight excluding hydrogens is 372 g/mol. The Labute approximate surface area is 162 Å². The SMILES string of the molecule is COc1ccc(N2CC(C(=O)N(C)CCc3noc(C)n3)CC2=O)cc1Cl. The normalized spacial score (nSPS) is 16.7. The van der Waals surface area contributed by atoms with E-state index in [0.717, 1.165) is 0 Å². The van der Waals surface area contributed by atoms with E-state index in [4.69, 9.17) is 20.9 Å². The van der Waals surface area contributed by atoms with Gasteiger partial charge in [-0.1, -0.05) is 16.8 Å². The molecule has 27 heavy (non-hydrogen) atoms. The molecule has 0 spiro atoms. The van der Waals surface area contributed by atoms with E-state index in [0.29, 0.717) is 47.7 Å². The standard InChI is InChI=1S/C18H21ClN4O4/c1-11-20-16(21-27-11)6-7-22(2)18(25)12-8-17(24)23(10-12)13-4-5-15(26-3)14(19)9-13/h4-5,9,12H,6-8,10H2,1-3H3. The van der Waals surface area contributed by atoms with Gasteiger partial charge in [-0.25, -0.2) is 0 Å². The minimum Gasteiger partial charge on any atom is -0.495 e. The summed E-state index contributed by atoms with van der Waals surface area (Å²) in [7, 11) is 3.25. The monoisotopic (exact) mass is 392 g/mol. The summed E-state index contributed by atoms with van der Waals surface area (Å²) in [5.41, 5.74) is 0.658. The van der Waals surface area contributed by atoms with E-state index in [1.54, 1.807) is 42.0 Å². The minimum atomic E-state index is -0.393. The van der Waals surface area contributed by atoms with Crippen molar-refractivity contribution in [1.29, 1.82) is 0 Å². The van der Waals surface area contributed by atoms with Crippen molar-refractivity contribution in [3.63, 3.8) is 0 Å². The Morgan fingerprint density at radius 3 is 2.89 bits per heavy atom. The van der Waals surface area contributed by atoms with Crippen LogP contribution < -0.4 is 9.64 Å². The summed E-state index contributed by atoms with van der Waals surface area (Å²) in [5.74, 6) is 1.02. The first-order valence-electron chi connectivity index (χ1n) is 8.57. The highest BCUT2D eigenvalue weighted by molar-refractivity contribution is 6.32. The molecule has 2 heterocycles. The number of likely N-dealkylation sites (N-methyl/N-ethyl adjacent to an activating group) is 1. The highest BCUT2D eigenvalue weighted by Crippen LogP contribution is 2.32. The lowest BCUT2D eigenvalue weighted by molar-refractivity contribution is -0.134. The molecule has 1 aliphatic heterocycles. The highest BCUT2D eigenvalue weighted by atomic mass is 35.5. The quantitative estimate of drug-likeness (QED) is 0.747. The van der Waals surface area contributed by atoms with Crippen LogP contribution in [-0.2, 0) is 16.0 Å². The molecule has 0 radical (unpaired) electrons. The molecule has 2 amide bonds. The van der Waals surface area contributed by atoms with E-state index in [1.807, 2.05) is 0 Å². The van der Waals surface area contributed by atoms with Crippen molar-refractivity contribution in [2.45, 2.75) is 19.8 Å². The molecule has 9 heteroatoms. The summed E-state index contributed by atoms with van der Waals surface area (Å²) < 4.78 is 10.1. The van der Waals surface area contributed by atoms with Gasteiger partial charge in [-0.15, -0.1) is 0 Å². The first-order valence-corrected chi connectivity index (χ1v) is 8.95. The van der Waals surface area contributed by atoms with Crippen molar-refractivity contribution in [1.82, 2.24) is 15.0 Å². The fourth-order valence-corrected chi connectivity index (χ4v) is 3.33. The third-order valence-corrected chi connectivity index (χ3v) is 4.83. The number of hydrogen-bond acceptors (Lipinski definition) is 6. The number of aryl methyl sites for hydroxylation is 1. The highest BCUT2D eigenvalue weighted by Gasteiger charge is 2.36. The third kappa shape index (κ3) is 4.21. The molecule has 1 aromatic carbocycles. The number of nitrogens with zero attached hydrogens (tertiary/aromatic N) is 4. The first-order chi connectivity index (χ1) is 12.9. The van der Waals surface area contributed by atoms with Crippen molar-refractivity contribution in [2.24, 2.45) is 5.92 Å². The van der Waals surface area contributed by atoms with Gasteiger partial charge in [-0.3, -0.25) is 9.59 Å². The van der Waals surface area contributed by atoms with Gasteiger partial charge in [0.1, 0.15) is 5.75 Å². The van der Waals surface area contributed by atoms with Gasteiger partial charge >= 0.3 is 0 Å². The number of ether oxygens (including phenoxy) is 1. The van der Waals surface area contributed by atoms with Crippen LogP contribution in [0.3, 0.4) is 0 Å². The van der Waals surface area contributed by atoms with Crippen LogP contribution in [0.4, 0.5) is 5.69 Å². The Hall–Kier alpha value is -2.61. The number of rotatable bonds is 6. The lowest BCUT2D eigenvalue weighted by Crippen LogP contribution is -2.36. The van der Waals surface area contributed by atoms with Gasteiger partial charge in [0, 0.05) is 45.6 Å². The number of halogens is 1. The molecule has 0 saturated carbocycles. The second-order valence-corrected chi connectivity index (χ2v) is 6.87. The fourth-order valence-electron chi connectivity index (χ4n) is 3.08. The summed E-state index contributed by atoms with van der Waals surface area (Å²) in [6.07, 6.45) is 0.673. The molecule has 8 nitrogen and oxygen atoms in total. The van der Waals surface area contributed by atoms with Gasteiger partial charge in [0.05, 0.1) is 18.1 Å². The van der Waals surface area contributed by atoms with Crippen LogP contribution in [0.2, 0.25) is 5.02 Å². The molecule has 0 N–H and O–H groups in total. The Morgan fingerprint density at radius 1 is 1.48 bits per heavy atom. The maximum absolute atomic E-state index is 12.7. The van der Waals surface area contributed by atoms with Crippen molar-refractivity contribution in [3.05, 3.63) is 34.9 Å². The largest absolute Gasteiger partial charge is 0.495 e. The van der Waals surface area contributed by atoms with Gasteiger partial charge in [0.25, 0.3) is 0 Å². The first kappa shape index (κ1) is 19.2. The topological polar surface area (TPSA) is 88.8 Å². The molecule has 1 unspecified atom stereocenters. The van der Waals surface area contributed by atoms with E-state index >= 15 is 0 Å². The van der Waals surface area contributed by atoms with Crippen LogP contribution in [0, 0.1) is 12.8 Å². The number of aromatic nitrogens is 2. The number of anilines is 1. The number of amides is 2. The summed E-state index contributed by atoms with van der Waals surface area (Å²) in [6.45, 7) is 2.50. The molecule has 1 atom stereocenters. The van der Waals surface area contributed by atoms with E-state index in [1.165, 1.54) is 7.11 Å². The van der Waals surface area contributed by atoms with Gasteiger partial charge in [0.2, 0.25) is 17.7 Å². The summed E-state index contributed by atoms with van der Waals surface area (Å²) in [6, 6.07) is 5.14. The second-order valence-electron chi connectivity index (χ2n) is 6.46. The molecule has 144 valence electrons. The van der Waals surface area contributed by atoms with Crippen molar-refractivity contribution in [2.75, 3.05) is 32.1 Å². The van der Waals surface area contributed by atoms with Crippen LogP contribution in [-0.4, -0.2) is 54.1 Å². The van der Waals surface area contributed by atoms with Gasteiger partial charge < -0.3 is 19.1 Å². The summed E-state index contributed by atoms with van der Waals surface area (Å²) >= 11 is 6.15. The van der Waals surface area contributed by atoms with Crippen LogP contribution in [0.5, 0.6) is 5.75 Å². The van der Waals surface area contributed by atoms with Crippen molar-refractivity contribution >= 4 is 29.1 Å². The lowest BCUT2D eigenvalue weighted by atomic mass is 10.1. The zero-order valence-corrected chi connectivity index (χ0v) is 16.2. The second kappa shape index (κ2) is 7.96. The average Bonchev–Trinajstić information content (AvgIpc) is 3.24. The number of methoxy groups -OCH3 is 1. The fraction of sp³-hybridized carbons (Fsp3) is 0.444. The number of carbonyl (C=O) groups is 2. The minimum absolute atomic E-state index is 0.0781. The van der Waals surface area contributed by atoms with Gasteiger partial charge in [-0.2, -0.15) is 4.98 Å². The van der Waals surface area contributed by atoms with E-state index in [2.05, 4.69) is 10.1 Å². The lowest BCUT2D eigenvalue weighted by Gasteiger charge is -2.21. The number of hydrogen-bond donors (Lipinski definition) is 0. The van der Waals surface area contributed by atoms with Crippen LogP contribution in [0.15, 0.2) is 22.7 Å². The van der Waals surface area contributed by atoms with Gasteiger partial charge in [-0.05, 0) is 18.2 Å². The Morgan fingerprint density at radius 2 is 2.26 bits per heavy atom. The van der Waals surface area contributed by atoms with Crippen molar-refractivity contribution < 1.29 is 18.8 Å². The summed E-state index contributed by atoms with van der Waals surface area (Å²) in [5, 5.41) is 4.24. The predicted octanol–water partition coefficient (Wildman–Crippen LogP) is 2.09. The average molecular weight is 393 g/mol. The molecule has 1 saturated heterocycles. The molecule has 0 aliphatic carbocycles. The van der Waals surface area contributed by atoms with Crippen LogP contribution >= 0.6 is 11.6 Å². The molecule has 2 aromatic rings. The summed E-state index contributed by atoms with van der Waals surface area (Å²) in [4.78, 5) is 32.4. The van der Waals surface area contributed by atoms with Gasteiger partial charge in [0.15, 0.2) is 5.82 Å². The van der Waals surface area contributed by atoms with E-state index in [-0.39, 0.29) is 18.2 Å². The maximum atomic E-state index is 12.7. The predicted molar refractivity (Wildman–Crippen MR) is 98.8 cm³/mol. The van der Waals surface area contributed by atoms with Crippen molar-refractivity contribution in [3.8, 4) is 5.75 Å². The maximum Gasteiger partial charge on any atom is 0.227 e. The van der Waals surface area contributed by atoms with Crippen LogP contribution in [0.25, 0.3) is 0 Å². The molecule has 3 rings (SSSR count). The zero-order chi connectivity index (χ0) is 19.6. The van der Waals surface area contributed by atoms with E-state index < -0.39 is 5.92 Å². The Bertz CT molecular complexity index is 854. The zero-order valence-electron chi connectivity index (χ0n) is 15.4. The molecule has 1 fully saturated rings. The smallest absolute Gasteiger partial charge is 0.227 e. The number of benzene rings is 1. The third-order valence-electron chi connectivity index (χ3n) is 4.54. The van der Waals surface area contributed by atoms with Crippen LogP contribution in [0.1, 0.15) is 18.1 Å². The molecule has 1 aliphatic rings. The Balaban J connectivity index is 1.62. The molecule has 0 bridgehead atoms.